The summed E-state index contributed by atoms with van der Waals surface area (Å²) in [4.78, 5) is 2.84. The molecular weight excluding hydrogens is 216 g/mol. The molecule has 0 amide bonds. The van der Waals surface area contributed by atoms with Crippen LogP contribution in [0.25, 0.3) is 0 Å². The van der Waals surface area contributed by atoms with Crippen LogP contribution in [0.1, 0.15) is 18.1 Å². The highest BCUT2D eigenvalue weighted by Gasteiger charge is 2.08. The van der Waals surface area contributed by atoms with Crippen LogP contribution >= 0.6 is 12.2 Å². The van der Waals surface area contributed by atoms with Crippen molar-refractivity contribution in [1.29, 1.82) is 0 Å². The van der Waals surface area contributed by atoms with Crippen molar-refractivity contribution in [2.24, 2.45) is 11.7 Å². The molecule has 0 saturated carbocycles. The maximum Gasteiger partial charge on any atom is 0.0768 e. The first-order chi connectivity index (χ1) is 7.49. The van der Waals surface area contributed by atoms with Crippen LogP contribution in [0.3, 0.4) is 0 Å². The third-order valence-electron chi connectivity index (χ3n) is 2.64. The second-order valence-electron chi connectivity index (χ2n) is 4.49. The number of benzene rings is 1. The van der Waals surface area contributed by atoms with Crippen molar-refractivity contribution in [3.63, 3.8) is 0 Å². The van der Waals surface area contributed by atoms with Crippen LogP contribution in [-0.2, 0) is 6.54 Å². The summed E-state index contributed by atoms with van der Waals surface area (Å²) in [5, 5.41) is 0. The lowest BCUT2D eigenvalue weighted by atomic mass is 10.1. The van der Waals surface area contributed by atoms with Gasteiger partial charge in [-0.05, 0) is 19.5 Å². The fourth-order valence-corrected chi connectivity index (χ4v) is 1.70. The summed E-state index contributed by atoms with van der Waals surface area (Å²) in [5.74, 6) is 0.269. The minimum Gasteiger partial charge on any atom is -0.393 e. The minimum absolute atomic E-state index is 0.269. The minimum atomic E-state index is 0.269. The smallest absolute Gasteiger partial charge is 0.0768 e. The van der Waals surface area contributed by atoms with E-state index in [4.69, 9.17) is 18.0 Å². The van der Waals surface area contributed by atoms with Crippen LogP contribution in [0.2, 0.25) is 0 Å². The van der Waals surface area contributed by atoms with E-state index in [2.05, 4.69) is 50.1 Å². The van der Waals surface area contributed by atoms with Gasteiger partial charge in [0, 0.05) is 19.0 Å². The molecule has 88 valence electrons. The first kappa shape index (κ1) is 13.1. The van der Waals surface area contributed by atoms with E-state index < -0.39 is 0 Å². The molecule has 3 heteroatoms. The molecule has 2 nitrogen and oxygen atoms in total. The quantitative estimate of drug-likeness (QED) is 0.796. The van der Waals surface area contributed by atoms with E-state index in [1.165, 1.54) is 11.1 Å². The second-order valence-corrected chi connectivity index (χ2v) is 4.96. The Hall–Kier alpha value is -0.930. The molecule has 0 radical (unpaired) electrons. The van der Waals surface area contributed by atoms with Crippen LogP contribution < -0.4 is 5.73 Å². The molecule has 0 spiro atoms. The maximum atomic E-state index is 5.60. The number of thiocarbonyl (C=S) groups is 1. The Labute approximate surface area is 103 Å². The summed E-state index contributed by atoms with van der Waals surface area (Å²) in [6.07, 6.45) is 0. The van der Waals surface area contributed by atoms with Gasteiger partial charge in [0.1, 0.15) is 0 Å². The zero-order chi connectivity index (χ0) is 12.1. The van der Waals surface area contributed by atoms with Crippen molar-refractivity contribution in [3.05, 3.63) is 35.4 Å². The number of aryl methyl sites for hydroxylation is 1. The molecule has 0 aliphatic heterocycles. The van der Waals surface area contributed by atoms with Gasteiger partial charge in [0.05, 0.1) is 4.99 Å². The van der Waals surface area contributed by atoms with Gasteiger partial charge in [0.15, 0.2) is 0 Å². The number of nitrogens with two attached hydrogens (primary N) is 1. The molecular formula is C13H20N2S. The normalized spacial score (nSPS) is 12.8. The van der Waals surface area contributed by atoms with E-state index in [0.29, 0.717) is 4.99 Å². The van der Waals surface area contributed by atoms with Gasteiger partial charge >= 0.3 is 0 Å². The van der Waals surface area contributed by atoms with Crippen molar-refractivity contribution < 1.29 is 0 Å². The molecule has 1 aromatic rings. The van der Waals surface area contributed by atoms with Crippen molar-refractivity contribution in [1.82, 2.24) is 4.90 Å². The van der Waals surface area contributed by atoms with Crippen LogP contribution in [0.4, 0.5) is 0 Å². The number of nitrogens with zero attached hydrogens (tertiary/aromatic N) is 1. The molecule has 1 rings (SSSR count). The Kier molecular flexibility index (Phi) is 4.90. The summed E-state index contributed by atoms with van der Waals surface area (Å²) >= 11 is 4.97. The van der Waals surface area contributed by atoms with Gasteiger partial charge < -0.3 is 10.6 Å². The molecule has 0 saturated heterocycles. The number of hydrogen-bond acceptors (Lipinski definition) is 2. The average molecular weight is 236 g/mol. The van der Waals surface area contributed by atoms with Gasteiger partial charge in [-0.1, -0.05) is 49.0 Å². The van der Waals surface area contributed by atoms with E-state index in [0.717, 1.165) is 13.1 Å². The van der Waals surface area contributed by atoms with Crippen LogP contribution in [0, 0.1) is 12.8 Å². The summed E-state index contributed by atoms with van der Waals surface area (Å²) < 4.78 is 0. The highest BCUT2D eigenvalue weighted by atomic mass is 32.1. The molecule has 0 heterocycles. The summed E-state index contributed by atoms with van der Waals surface area (Å²) in [5.41, 5.74) is 8.22. The Morgan fingerprint density at radius 2 is 1.94 bits per heavy atom. The van der Waals surface area contributed by atoms with Gasteiger partial charge in [0.2, 0.25) is 0 Å². The Morgan fingerprint density at radius 3 is 2.44 bits per heavy atom. The fraction of sp³-hybridized carbons (Fsp3) is 0.462. The fourth-order valence-electron chi connectivity index (χ4n) is 1.63. The standard InChI is InChI=1S/C13H20N2S/c1-10-4-6-12(7-5-10)9-15(3)8-11(2)13(14)16/h4-7,11H,8-9H2,1-3H3,(H2,14,16). The maximum absolute atomic E-state index is 5.60. The van der Waals surface area contributed by atoms with Crippen LogP contribution in [-0.4, -0.2) is 23.5 Å². The molecule has 0 aliphatic carbocycles. The van der Waals surface area contributed by atoms with Gasteiger partial charge in [-0.3, -0.25) is 0 Å². The van der Waals surface area contributed by atoms with Crippen molar-refractivity contribution in [2.75, 3.05) is 13.6 Å². The zero-order valence-corrected chi connectivity index (χ0v) is 11.1. The third kappa shape index (κ3) is 4.29. The van der Waals surface area contributed by atoms with E-state index in [1.807, 2.05) is 0 Å². The molecule has 1 aromatic carbocycles. The SMILES string of the molecule is Cc1ccc(CN(C)CC(C)C(N)=S)cc1. The van der Waals surface area contributed by atoms with Gasteiger partial charge in [-0.2, -0.15) is 0 Å². The molecule has 0 bridgehead atoms. The summed E-state index contributed by atoms with van der Waals surface area (Å²) in [6, 6.07) is 8.61. The van der Waals surface area contributed by atoms with Gasteiger partial charge in [-0.25, -0.2) is 0 Å². The monoisotopic (exact) mass is 236 g/mol. The van der Waals surface area contributed by atoms with Gasteiger partial charge in [0.25, 0.3) is 0 Å². The molecule has 2 N–H and O–H groups in total. The Balaban J connectivity index is 2.48. The largest absolute Gasteiger partial charge is 0.393 e. The lowest BCUT2D eigenvalue weighted by molar-refractivity contribution is 0.307. The number of hydrogen-bond donors (Lipinski definition) is 1. The first-order valence-electron chi connectivity index (χ1n) is 5.52. The van der Waals surface area contributed by atoms with Gasteiger partial charge in [-0.15, -0.1) is 0 Å². The Bertz CT molecular complexity index is 345. The van der Waals surface area contributed by atoms with E-state index in [1.54, 1.807) is 0 Å². The summed E-state index contributed by atoms with van der Waals surface area (Å²) in [7, 11) is 2.09. The van der Waals surface area contributed by atoms with Crippen LogP contribution in [0.15, 0.2) is 24.3 Å². The van der Waals surface area contributed by atoms with Crippen molar-refractivity contribution in [3.8, 4) is 0 Å². The average Bonchev–Trinajstić information content (AvgIpc) is 2.21. The van der Waals surface area contributed by atoms with E-state index in [9.17, 15) is 0 Å². The van der Waals surface area contributed by atoms with E-state index in [-0.39, 0.29) is 5.92 Å². The second kappa shape index (κ2) is 5.97. The summed E-state index contributed by atoms with van der Waals surface area (Å²) in [6.45, 7) is 6.01. The highest BCUT2D eigenvalue weighted by molar-refractivity contribution is 7.80. The predicted octanol–water partition coefficient (Wildman–Crippen LogP) is 2.35. The van der Waals surface area contributed by atoms with Crippen molar-refractivity contribution >= 4 is 17.2 Å². The lowest BCUT2D eigenvalue weighted by Crippen LogP contribution is -2.31. The van der Waals surface area contributed by atoms with Crippen LogP contribution in [0.5, 0.6) is 0 Å². The molecule has 1 atom stereocenters. The first-order valence-corrected chi connectivity index (χ1v) is 5.93. The molecule has 1 unspecified atom stereocenters. The lowest BCUT2D eigenvalue weighted by Gasteiger charge is -2.20. The predicted molar refractivity (Wildman–Crippen MR) is 73.5 cm³/mol. The number of rotatable bonds is 5. The zero-order valence-electron chi connectivity index (χ0n) is 10.2. The van der Waals surface area contributed by atoms with Crippen molar-refractivity contribution in [2.45, 2.75) is 20.4 Å². The highest BCUT2D eigenvalue weighted by Crippen LogP contribution is 2.07. The molecule has 0 fully saturated rings. The van der Waals surface area contributed by atoms with E-state index >= 15 is 0 Å². The Morgan fingerprint density at radius 1 is 1.38 bits per heavy atom. The molecule has 0 aromatic heterocycles. The molecule has 16 heavy (non-hydrogen) atoms. The third-order valence-corrected chi connectivity index (χ3v) is 3.05. The molecule has 0 aliphatic rings. The topological polar surface area (TPSA) is 29.3 Å².